The highest BCUT2D eigenvalue weighted by Gasteiger charge is 2.22. The molecule has 1 aromatic heterocycles. The van der Waals surface area contributed by atoms with Crippen molar-refractivity contribution in [1.82, 2.24) is 15.2 Å². The maximum absolute atomic E-state index is 13.6. The number of nitro groups is 1. The molecular formula is C8H6FN5O4S. The number of H-pyrrole nitrogens is 1. The van der Waals surface area contributed by atoms with E-state index < -0.39 is 31.3 Å². The number of non-ortho nitro benzene ring substituents is 1. The fourth-order valence-corrected chi connectivity index (χ4v) is 2.28. The lowest BCUT2D eigenvalue weighted by Crippen LogP contribution is -2.15. The summed E-state index contributed by atoms with van der Waals surface area (Å²) in [7, 11) is -4.24. The van der Waals surface area contributed by atoms with Crippen LogP contribution in [0.3, 0.4) is 0 Å². The molecule has 0 radical (unpaired) electrons. The first-order valence-corrected chi connectivity index (χ1v) is 6.20. The highest BCUT2D eigenvalue weighted by molar-refractivity contribution is 7.92. The second-order valence-electron chi connectivity index (χ2n) is 3.31. The topological polar surface area (TPSA) is 131 Å². The summed E-state index contributed by atoms with van der Waals surface area (Å²) in [6.07, 6.45) is 1.06. The van der Waals surface area contributed by atoms with E-state index in [0.717, 1.165) is 18.5 Å². The van der Waals surface area contributed by atoms with Gasteiger partial charge in [0.05, 0.1) is 11.0 Å². The number of hydrogen-bond acceptors (Lipinski definition) is 6. The first-order valence-electron chi connectivity index (χ1n) is 4.72. The molecule has 9 nitrogen and oxygen atoms in total. The Hall–Kier alpha value is -2.56. The molecule has 0 saturated heterocycles. The number of sulfonamides is 1. The summed E-state index contributed by atoms with van der Waals surface area (Å²) in [6.45, 7) is 0. The average molecular weight is 287 g/mol. The molecule has 2 rings (SSSR count). The van der Waals surface area contributed by atoms with Gasteiger partial charge in [-0.05, 0) is 6.07 Å². The van der Waals surface area contributed by atoms with Crippen LogP contribution < -0.4 is 4.72 Å². The molecule has 2 N–H and O–H groups in total. The second-order valence-corrected chi connectivity index (χ2v) is 4.96. The van der Waals surface area contributed by atoms with Crippen molar-refractivity contribution in [2.24, 2.45) is 0 Å². The van der Waals surface area contributed by atoms with Crippen molar-refractivity contribution in [2.45, 2.75) is 4.90 Å². The number of aromatic amines is 1. The number of anilines is 1. The Morgan fingerprint density at radius 2 is 2.16 bits per heavy atom. The minimum Gasteiger partial charge on any atom is -0.258 e. The van der Waals surface area contributed by atoms with E-state index in [1.807, 2.05) is 4.72 Å². The summed E-state index contributed by atoms with van der Waals surface area (Å²) in [6, 6.07) is 2.21. The number of nitrogens with zero attached hydrogens (tertiary/aromatic N) is 3. The zero-order chi connectivity index (χ0) is 14.0. The molecule has 1 aromatic carbocycles. The Balaban J connectivity index is 2.38. The van der Waals surface area contributed by atoms with Gasteiger partial charge >= 0.3 is 0 Å². The highest BCUT2D eigenvalue weighted by Crippen LogP contribution is 2.21. The van der Waals surface area contributed by atoms with Gasteiger partial charge in [-0.1, -0.05) is 0 Å². The fraction of sp³-hybridized carbons (Fsp3) is 0. The van der Waals surface area contributed by atoms with E-state index in [4.69, 9.17) is 0 Å². The van der Waals surface area contributed by atoms with E-state index in [9.17, 15) is 22.9 Å². The lowest BCUT2D eigenvalue weighted by atomic mass is 10.3. The third-order valence-electron chi connectivity index (χ3n) is 2.06. The molecule has 100 valence electrons. The minimum absolute atomic E-state index is 0.197. The normalized spacial score (nSPS) is 11.2. The van der Waals surface area contributed by atoms with Crippen LogP contribution in [0, 0.1) is 15.9 Å². The van der Waals surface area contributed by atoms with E-state index in [0.29, 0.717) is 6.07 Å². The Bertz CT molecular complexity index is 715. The SMILES string of the molecule is O=[N+]([O-])c1ccc(S(=O)(=O)Nc2ncn[nH]2)c(F)c1. The van der Waals surface area contributed by atoms with Gasteiger partial charge in [-0.2, -0.15) is 10.1 Å². The lowest BCUT2D eigenvalue weighted by Gasteiger charge is -2.05. The summed E-state index contributed by atoms with van der Waals surface area (Å²) in [5.74, 6) is -1.43. The van der Waals surface area contributed by atoms with Crippen molar-refractivity contribution in [2.75, 3.05) is 4.72 Å². The summed E-state index contributed by atoms with van der Waals surface area (Å²) in [4.78, 5) is 12.4. The van der Waals surface area contributed by atoms with Crippen LogP contribution in [-0.4, -0.2) is 28.5 Å². The van der Waals surface area contributed by atoms with Crippen LogP contribution in [0.1, 0.15) is 0 Å². The van der Waals surface area contributed by atoms with Crippen LogP contribution in [-0.2, 0) is 10.0 Å². The zero-order valence-electron chi connectivity index (χ0n) is 9.07. The van der Waals surface area contributed by atoms with Crippen molar-refractivity contribution in [3.05, 3.63) is 40.5 Å². The van der Waals surface area contributed by atoms with Gasteiger partial charge in [-0.3, -0.25) is 10.1 Å². The third kappa shape index (κ3) is 2.65. The number of hydrogen-bond donors (Lipinski definition) is 2. The van der Waals surface area contributed by atoms with Crippen molar-refractivity contribution >= 4 is 21.7 Å². The first-order chi connectivity index (χ1) is 8.90. The summed E-state index contributed by atoms with van der Waals surface area (Å²) < 4.78 is 39.1. The molecule has 0 spiro atoms. The second kappa shape index (κ2) is 4.61. The maximum atomic E-state index is 13.6. The van der Waals surface area contributed by atoms with Crippen LogP contribution in [0.15, 0.2) is 29.4 Å². The number of nitro benzene ring substituents is 1. The summed E-state index contributed by atoms with van der Waals surface area (Å²) >= 11 is 0. The van der Waals surface area contributed by atoms with E-state index in [2.05, 4.69) is 15.2 Å². The van der Waals surface area contributed by atoms with Gasteiger partial charge in [0.1, 0.15) is 11.2 Å². The lowest BCUT2D eigenvalue weighted by molar-refractivity contribution is -0.385. The van der Waals surface area contributed by atoms with Crippen molar-refractivity contribution in [3.8, 4) is 0 Å². The fourth-order valence-electron chi connectivity index (χ4n) is 1.26. The standard InChI is InChI=1S/C8H6FN5O4S/c9-6-3-5(14(15)16)1-2-7(6)19(17,18)13-8-10-4-11-12-8/h1-4H,(H2,10,11,12,13). The van der Waals surface area contributed by atoms with Gasteiger partial charge in [0.15, 0.2) is 5.82 Å². The van der Waals surface area contributed by atoms with Crippen LogP contribution in [0.2, 0.25) is 0 Å². The molecule has 0 aliphatic rings. The van der Waals surface area contributed by atoms with Crippen molar-refractivity contribution in [3.63, 3.8) is 0 Å². The van der Waals surface area contributed by atoms with E-state index in [1.165, 1.54) is 0 Å². The summed E-state index contributed by atoms with van der Waals surface area (Å²) in [5.41, 5.74) is -0.545. The van der Waals surface area contributed by atoms with Crippen LogP contribution in [0.4, 0.5) is 16.0 Å². The van der Waals surface area contributed by atoms with Gasteiger partial charge in [-0.15, -0.1) is 0 Å². The molecule has 0 fully saturated rings. The Kier molecular flexibility index (Phi) is 3.12. The molecule has 11 heteroatoms. The Morgan fingerprint density at radius 1 is 1.42 bits per heavy atom. The zero-order valence-corrected chi connectivity index (χ0v) is 9.89. The number of halogens is 1. The van der Waals surface area contributed by atoms with Crippen LogP contribution in [0.25, 0.3) is 0 Å². The smallest absolute Gasteiger partial charge is 0.258 e. The van der Waals surface area contributed by atoms with Gasteiger partial charge < -0.3 is 0 Å². The van der Waals surface area contributed by atoms with Gasteiger partial charge in [0.2, 0.25) is 5.95 Å². The maximum Gasteiger partial charge on any atom is 0.272 e. The van der Waals surface area contributed by atoms with Crippen LogP contribution >= 0.6 is 0 Å². The van der Waals surface area contributed by atoms with E-state index in [-0.39, 0.29) is 5.95 Å². The molecule has 0 amide bonds. The minimum atomic E-state index is -4.24. The largest absolute Gasteiger partial charge is 0.272 e. The van der Waals surface area contributed by atoms with Crippen molar-refractivity contribution in [1.29, 1.82) is 0 Å². The molecule has 0 atom stereocenters. The quantitative estimate of drug-likeness (QED) is 0.627. The Labute approximate surface area is 105 Å². The molecule has 0 saturated carbocycles. The van der Waals surface area contributed by atoms with E-state index >= 15 is 0 Å². The van der Waals surface area contributed by atoms with Crippen molar-refractivity contribution < 1.29 is 17.7 Å². The predicted octanol–water partition coefficient (Wildman–Crippen LogP) is 0.653. The molecule has 0 aliphatic heterocycles. The molecule has 0 aliphatic carbocycles. The number of nitrogens with one attached hydrogen (secondary N) is 2. The average Bonchev–Trinajstić information content (AvgIpc) is 2.80. The van der Waals surface area contributed by atoms with E-state index in [1.54, 1.807) is 0 Å². The molecular weight excluding hydrogens is 281 g/mol. The first kappa shape index (κ1) is 12.9. The predicted molar refractivity (Wildman–Crippen MR) is 60.2 cm³/mol. The number of rotatable bonds is 4. The van der Waals surface area contributed by atoms with Gasteiger partial charge in [0.25, 0.3) is 15.7 Å². The monoisotopic (exact) mass is 287 g/mol. The van der Waals surface area contributed by atoms with Gasteiger partial charge in [0, 0.05) is 6.07 Å². The third-order valence-corrected chi connectivity index (χ3v) is 3.43. The van der Waals surface area contributed by atoms with Gasteiger partial charge in [-0.25, -0.2) is 22.6 Å². The number of aromatic nitrogens is 3. The highest BCUT2D eigenvalue weighted by atomic mass is 32.2. The number of benzene rings is 1. The summed E-state index contributed by atoms with van der Waals surface area (Å²) in [5, 5.41) is 16.1. The molecule has 2 aromatic rings. The van der Waals surface area contributed by atoms with Crippen LogP contribution in [0.5, 0.6) is 0 Å². The Morgan fingerprint density at radius 3 is 2.68 bits per heavy atom. The molecule has 19 heavy (non-hydrogen) atoms. The molecule has 1 heterocycles. The molecule has 0 unspecified atom stereocenters. The molecule has 0 bridgehead atoms.